The van der Waals surface area contributed by atoms with Crippen molar-refractivity contribution in [3.63, 3.8) is 0 Å². The van der Waals surface area contributed by atoms with Crippen LogP contribution in [-0.2, 0) is 11.3 Å². The van der Waals surface area contributed by atoms with Crippen molar-refractivity contribution in [1.82, 2.24) is 9.55 Å². The van der Waals surface area contributed by atoms with E-state index in [0.29, 0.717) is 17.1 Å². The van der Waals surface area contributed by atoms with Gasteiger partial charge in [0.1, 0.15) is 12.7 Å². The van der Waals surface area contributed by atoms with Gasteiger partial charge in [-0.3, -0.25) is 9.59 Å². The molecule has 8 heteroatoms. The lowest BCUT2D eigenvalue weighted by molar-refractivity contribution is -0.392. The fraction of sp³-hybridized carbons (Fsp3) is 0.214. The zero-order valence-corrected chi connectivity index (χ0v) is 11.7. The number of nitrogens with zero attached hydrogens (tertiary/aromatic N) is 4. The molecule has 2 heterocycles. The first kappa shape index (κ1) is 13.9. The number of Topliss-reactive ketones (excluding diaryl/α,β-unsaturated/α-hetero) is 1. The van der Waals surface area contributed by atoms with Crippen LogP contribution in [0.15, 0.2) is 30.5 Å². The van der Waals surface area contributed by atoms with Gasteiger partial charge in [0, 0.05) is 6.92 Å². The first-order valence-electron chi connectivity index (χ1n) is 6.62. The van der Waals surface area contributed by atoms with E-state index in [-0.39, 0.29) is 18.9 Å². The molecule has 1 aliphatic heterocycles. The van der Waals surface area contributed by atoms with Gasteiger partial charge in [0.05, 0.1) is 17.8 Å². The Bertz CT molecular complexity index is 796. The van der Waals surface area contributed by atoms with Gasteiger partial charge < -0.3 is 15.0 Å². The van der Waals surface area contributed by atoms with Crippen LogP contribution in [0.2, 0.25) is 0 Å². The number of hydrogen-bond acceptors (Lipinski definition) is 5. The van der Waals surface area contributed by atoms with Gasteiger partial charge in [0.2, 0.25) is 0 Å². The van der Waals surface area contributed by atoms with E-state index in [1.165, 1.54) is 15.7 Å². The predicted molar refractivity (Wildman–Crippen MR) is 76.7 cm³/mol. The lowest BCUT2D eigenvalue weighted by Gasteiger charge is -2.15. The lowest BCUT2D eigenvalue weighted by atomic mass is 10.1. The van der Waals surface area contributed by atoms with Gasteiger partial charge in [-0.1, -0.05) is 12.1 Å². The third-order valence-electron chi connectivity index (χ3n) is 3.65. The number of para-hydroxylation sites is 1. The van der Waals surface area contributed by atoms with Gasteiger partial charge in [-0.05, 0) is 17.1 Å². The molecular formula is C14H12N4O4. The van der Waals surface area contributed by atoms with E-state index in [2.05, 4.69) is 4.98 Å². The zero-order valence-electron chi connectivity index (χ0n) is 11.7. The summed E-state index contributed by atoms with van der Waals surface area (Å²) in [4.78, 5) is 39.6. The topological polar surface area (TPSA) is 98.3 Å². The number of carbonyl (C=O) groups excluding carboxylic acids is 2. The van der Waals surface area contributed by atoms with Gasteiger partial charge in [-0.15, -0.1) is 0 Å². The minimum absolute atomic E-state index is 0.135. The van der Waals surface area contributed by atoms with Gasteiger partial charge in [0.25, 0.3) is 11.7 Å². The maximum absolute atomic E-state index is 12.0. The van der Waals surface area contributed by atoms with Crippen LogP contribution in [0, 0.1) is 17.0 Å². The summed E-state index contributed by atoms with van der Waals surface area (Å²) in [6, 6.07) is 6.72. The van der Waals surface area contributed by atoms with Crippen molar-refractivity contribution in [3.05, 3.63) is 52.0 Å². The molecular weight excluding hydrogens is 288 g/mol. The standard InChI is InChI=1S/C14H12N4O4/c1-9-15-8-12(18(21)22)16(9)6-7-17-11-5-3-2-4-10(11)13(19)14(17)20/h2-5,8H,6-7H2,1H3. The molecule has 22 heavy (non-hydrogen) atoms. The molecule has 0 radical (unpaired) electrons. The van der Waals surface area contributed by atoms with Gasteiger partial charge in [-0.2, -0.15) is 0 Å². The second kappa shape index (κ2) is 5.06. The molecule has 0 unspecified atom stereocenters. The van der Waals surface area contributed by atoms with Crippen LogP contribution in [0.25, 0.3) is 0 Å². The van der Waals surface area contributed by atoms with Crippen LogP contribution in [0.3, 0.4) is 0 Å². The van der Waals surface area contributed by atoms with Crippen molar-refractivity contribution in [3.8, 4) is 0 Å². The van der Waals surface area contributed by atoms with E-state index in [4.69, 9.17) is 0 Å². The van der Waals surface area contributed by atoms with Crippen molar-refractivity contribution in [2.45, 2.75) is 13.5 Å². The van der Waals surface area contributed by atoms with E-state index in [9.17, 15) is 19.7 Å². The van der Waals surface area contributed by atoms with Crippen LogP contribution < -0.4 is 4.90 Å². The molecule has 112 valence electrons. The monoisotopic (exact) mass is 300 g/mol. The maximum Gasteiger partial charge on any atom is 0.342 e. The number of imidazole rings is 1. The number of benzene rings is 1. The molecule has 1 aliphatic rings. The van der Waals surface area contributed by atoms with Crippen LogP contribution in [0.1, 0.15) is 16.2 Å². The summed E-state index contributed by atoms with van der Waals surface area (Å²) in [5, 5.41) is 11.0. The lowest BCUT2D eigenvalue weighted by Crippen LogP contribution is -2.33. The second-order valence-corrected chi connectivity index (χ2v) is 4.88. The van der Waals surface area contributed by atoms with Crippen LogP contribution in [0.5, 0.6) is 0 Å². The smallest absolute Gasteiger partial charge is 0.342 e. The van der Waals surface area contributed by atoms with Gasteiger partial charge in [-0.25, -0.2) is 9.55 Å². The number of amides is 1. The first-order chi connectivity index (χ1) is 10.5. The number of hydrogen-bond donors (Lipinski definition) is 0. The normalized spacial score (nSPS) is 13.6. The van der Waals surface area contributed by atoms with Crippen LogP contribution >= 0.6 is 0 Å². The summed E-state index contributed by atoms with van der Waals surface area (Å²) in [5.74, 6) is -0.809. The average molecular weight is 300 g/mol. The molecule has 0 saturated carbocycles. The SMILES string of the molecule is Cc1ncc([N+](=O)[O-])n1CCN1C(=O)C(=O)c2ccccc21. The predicted octanol–water partition coefficient (Wildman–Crippen LogP) is 1.33. The van der Waals surface area contributed by atoms with E-state index < -0.39 is 16.6 Å². The van der Waals surface area contributed by atoms with E-state index in [1.54, 1.807) is 31.2 Å². The number of aryl methyl sites for hydroxylation is 1. The van der Waals surface area contributed by atoms with E-state index in [1.807, 2.05) is 0 Å². The molecule has 0 atom stereocenters. The fourth-order valence-corrected chi connectivity index (χ4v) is 2.55. The fourth-order valence-electron chi connectivity index (χ4n) is 2.55. The molecule has 0 spiro atoms. The Kier molecular flexibility index (Phi) is 3.21. The van der Waals surface area contributed by atoms with Crippen molar-refractivity contribution in [1.29, 1.82) is 0 Å². The Morgan fingerprint density at radius 1 is 1.23 bits per heavy atom. The minimum atomic E-state index is -0.610. The maximum atomic E-state index is 12.0. The van der Waals surface area contributed by atoms with Crippen LogP contribution in [-0.4, -0.2) is 32.7 Å². The van der Waals surface area contributed by atoms with Crippen molar-refractivity contribution < 1.29 is 14.5 Å². The van der Waals surface area contributed by atoms with Crippen molar-refractivity contribution in [2.75, 3.05) is 11.4 Å². The molecule has 0 bridgehead atoms. The van der Waals surface area contributed by atoms with Gasteiger partial charge in [0.15, 0.2) is 5.82 Å². The average Bonchev–Trinajstić information content (AvgIpc) is 2.98. The van der Waals surface area contributed by atoms with Crippen molar-refractivity contribution in [2.24, 2.45) is 0 Å². The highest BCUT2D eigenvalue weighted by molar-refractivity contribution is 6.52. The highest BCUT2D eigenvalue weighted by Gasteiger charge is 2.35. The number of rotatable bonds is 4. The zero-order chi connectivity index (χ0) is 15.9. The summed E-state index contributed by atoms with van der Waals surface area (Å²) < 4.78 is 1.42. The number of fused-ring (bicyclic) bond motifs is 1. The minimum Gasteiger partial charge on any atom is -0.358 e. The Morgan fingerprint density at radius 2 is 1.95 bits per heavy atom. The highest BCUT2D eigenvalue weighted by Crippen LogP contribution is 2.28. The summed E-state index contributed by atoms with van der Waals surface area (Å²) in [5.41, 5.74) is 0.905. The molecule has 0 N–H and O–H groups in total. The molecule has 1 amide bonds. The molecule has 2 aromatic rings. The summed E-state index contributed by atoms with van der Waals surface area (Å²) >= 11 is 0. The second-order valence-electron chi connectivity index (χ2n) is 4.88. The van der Waals surface area contributed by atoms with Gasteiger partial charge >= 0.3 is 5.82 Å². The molecule has 0 saturated heterocycles. The summed E-state index contributed by atoms with van der Waals surface area (Å²) in [6.07, 6.45) is 1.18. The summed E-state index contributed by atoms with van der Waals surface area (Å²) in [7, 11) is 0. The number of ketones is 1. The third-order valence-corrected chi connectivity index (χ3v) is 3.65. The quantitative estimate of drug-likeness (QED) is 0.482. The first-order valence-corrected chi connectivity index (χ1v) is 6.62. The largest absolute Gasteiger partial charge is 0.358 e. The van der Waals surface area contributed by atoms with E-state index in [0.717, 1.165) is 0 Å². The summed E-state index contributed by atoms with van der Waals surface area (Å²) in [6.45, 7) is 2.01. The third kappa shape index (κ3) is 2.05. The van der Waals surface area contributed by atoms with E-state index >= 15 is 0 Å². The van der Waals surface area contributed by atoms with Crippen LogP contribution in [0.4, 0.5) is 11.5 Å². The number of carbonyl (C=O) groups is 2. The molecule has 3 rings (SSSR count). The Hall–Kier alpha value is -3.03. The molecule has 1 aromatic heterocycles. The highest BCUT2D eigenvalue weighted by atomic mass is 16.6. The number of nitro groups is 1. The Morgan fingerprint density at radius 3 is 2.68 bits per heavy atom. The Labute approximate surface area is 125 Å². The molecule has 0 fully saturated rings. The van der Waals surface area contributed by atoms with Crippen molar-refractivity contribution >= 4 is 23.2 Å². The number of aromatic nitrogens is 2. The number of anilines is 1. The molecule has 8 nitrogen and oxygen atoms in total. The molecule has 1 aromatic carbocycles. The molecule has 0 aliphatic carbocycles. The Balaban J connectivity index is 1.86.